The van der Waals surface area contributed by atoms with Crippen molar-refractivity contribution in [3.05, 3.63) is 68.5 Å². The Hall–Kier alpha value is -2.79. The normalized spacial score (nSPS) is 11.1. The smallest absolute Gasteiger partial charge is 0.349 e. The minimum atomic E-state index is -0.559. The van der Waals surface area contributed by atoms with Crippen LogP contribution in [-0.2, 0) is 4.79 Å². The van der Waals surface area contributed by atoms with Crippen molar-refractivity contribution in [2.45, 2.75) is 33.6 Å². The summed E-state index contributed by atoms with van der Waals surface area (Å²) in [6, 6.07) is 10.0. The molecule has 2 aromatic carbocycles. The number of hydrogen-bond donors (Lipinski definition) is 0. The van der Waals surface area contributed by atoms with Crippen LogP contribution in [0.2, 0.25) is 5.02 Å². The molecule has 5 nitrogen and oxygen atoms in total. The third-order valence-electron chi connectivity index (χ3n) is 4.41. The number of rotatable bonds is 5. The van der Waals surface area contributed by atoms with E-state index >= 15 is 0 Å². The lowest BCUT2D eigenvalue weighted by atomic mass is 10.0. The summed E-state index contributed by atoms with van der Waals surface area (Å²) in [4.78, 5) is 23.8. The van der Waals surface area contributed by atoms with E-state index in [0.29, 0.717) is 16.4 Å². The molecule has 0 aliphatic heterocycles. The molecular weight excluding hydrogens is 380 g/mol. The quantitative estimate of drug-likeness (QED) is 0.336. The number of aryl methyl sites for hydroxylation is 2. The average Bonchev–Trinajstić information content (AvgIpc) is 2.61. The number of fused-ring (bicyclic) bond motifs is 1. The maximum absolute atomic E-state index is 12.2. The van der Waals surface area contributed by atoms with Gasteiger partial charge in [0, 0.05) is 22.5 Å². The predicted octanol–water partition coefficient (Wildman–Crippen LogP) is 5.17. The molecule has 0 aliphatic rings. The molecule has 0 saturated carbocycles. The van der Waals surface area contributed by atoms with Crippen molar-refractivity contribution in [3.63, 3.8) is 0 Å². The number of carbonyl (C=O) groups excluding carboxylic acids is 1. The highest BCUT2D eigenvalue weighted by molar-refractivity contribution is 6.31. The summed E-state index contributed by atoms with van der Waals surface area (Å²) >= 11 is 6.19. The van der Waals surface area contributed by atoms with Gasteiger partial charge in [0.2, 0.25) is 0 Å². The van der Waals surface area contributed by atoms with Crippen molar-refractivity contribution in [1.82, 2.24) is 0 Å². The monoisotopic (exact) mass is 400 g/mol. The average molecular weight is 401 g/mol. The van der Waals surface area contributed by atoms with Gasteiger partial charge in [-0.2, -0.15) is 0 Å². The van der Waals surface area contributed by atoms with Crippen LogP contribution in [0.5, 0.6) is 11.5 Å². The SMILES string of the molecule is Cc1cc(OCC(=O)Oc2ccc3c(C)cc(=O)oc3c2)c(C(C)C)cc1Cl. The Labute approximate surface area is 167 Å². The first-order chi connectivity index (χ1) is 13.2. The highest BCUT2D eigenvalue weighted by atomic mass is 35.5. The fraction of sp³-hybridized carbons (Fsp3) is 0.273. The molecule has 0 amide bonds. The first-order valence-electron chi connectivity index (χ1n) is 8.92. The molecule has 1 aromatic heterocycles. The summed E-state index contributed by atoms with van der Waals surface area (Å²) < 4.78 is 16.2. The molecule has 0 fully saturated rings. The van der Waals surface area contributed by atoms with Crippen molar-refractivity contribution >= 4 is 28.5 Å². The van der Waals surface area contributed by atoms with Gasteiger partial charge in [-0.1, -0.05) is 25.4 Å². The van der Waals surface area contributed by atoms with Crippen molar-refractivity contribution in [3.8, 4) is 11.5 Å². The minimum Gasteiger partial charge on any atom is -0.482 e. The van der Waals surface area contributed by atoms with Crippen molar-refractivity contribution in [1.29, 1.82) is 0 Å². The molecule has 0 unspecified atom stereocenters. The Morgan fingerprint density at radius 2 is 1.86 bits per heavy atom. The molecule has 1 heterocycles. The van der Waals surface area contributed by atoms with Crippen LogP contribution in [0.15, 0.2) is 45.6 Å². The fourth-order valence-corrected chi connectivity index (χ4v) is 3.09. The van der Waals surface area contributed by atoms with Gasteiger partial charge in [0.05, 0.1) is 0 Å². The minimum absolute atomic E-state index is 0.191. The molecule has 0 N–H and O–H groups in total. The van der Waals surface area contributed by atoms with E-state index in [1.807, 2.05) is 39.8 Å². The standard InChI is InChI=1S/C22H21ClO5/c1-12(2)17-10-18(23)14(4)7-19(17)26-11-22(25)27-15-5-6-16-13(3)8-21(24)28-20(16)9-15/h5-10,12H,11H2,1-4H3. The highest BCUT2D eigenvalue weighted by Crippen LogP contribution is 2.32. The van der Waals surface area contributed by atoms with Crippen LogP contribution in [0.3, 0.4) is 0 Å². The summed E-state index contributed by atoms with van der Waals surface area (Å²) in [7, 11) is 0. The largest absolute Gasteiger partial charge is 0.482 e. The Balaban J connectivity index is 1.74. The number of halogens is 1. The molecule has 146 valence electrons. The van der Waals surface area contributed by atoms with E-state index in [9.17, 15) is 9.59 Å². The Kier molecular flexibility index (Phi) is 5.75. The van der Waals surface area contributed by atoms with Crippen molar-refractivity contribution in [2.75, 3.05) is 6.61 Å². The highest BCUT2D eigenvalue weighted by Gasteiger charge is 2.14. The third kappa shape index (κ3) is 4.37. The van der Waals surface area contributed by atoms with E-state index in [1.165, 1.54) is 12.1 Å². The molecule has 3 aromatic rings. The van der Waals surface area contributed by atoms with E-state index in [1.54, 1.807) is 12.1 Å². The molecular formula is C22H21ClO5. The maximum atomic E-state index is 12.2. The van der Waals surface area contributed by atoms with Gasteiger partial charge < -0.3 is 13.9 Å². The topological polar surface area (TPSA) is 65.7 Å². The van der Waals surface area contributed by atoms with Gasteiger partial charge in [-0.25, -0.2) is 9.59 Å². The van der Waals surface area contributed by atoms with Gasteiger partial charge in [-0.3, -0.25) is 0 Å². The van der Waals surface area contributed by atoms with Gasteiger partial charge in [0.1, 0.15) is 17.1 Å². The van der Waals surface area contributed by atoms with Crippen LogP contribution >= 0.6 is 11.6 Å². The lowest BCUT2D eigenvalue weighted by molar-refractivity contribution is -0.136. The second kappa shape index (κ2) is 8.07. The van der Waals surface area contributed by atoms with E-state index in [4.69, 9.17) is 25.5 Å². The van der Waals surface area contributed by atoms with Crippen molar-refractivity contribution < 1.29 is 18.7 Å². The summed E-state index contributed by atoms with van der Waals surface area (Å²) in [5.74, 6) is 0.521. The Bertz CT molecular complexity index is 1100. The van der Waals surface area contributed by atoms with E-state index in [0.717, 1.165) is 22.1 Å². The Morgan fingerprint density at radius 3 is 2.57 bits per heavy atom. The number of carbonyl (C=O) groups is 1. The second-order valence-electron chi connectivity index (χ2n) is 6.96. The Morgan fingerprint density at radius 1 is 1.11 bits per heavy atom. The molecule has 3 rings (SSSR count). The number of ether oxygens (including phenoxy) is 2. The third-order valence-corrected chi connectivity index (χ3v) is 4.82. The second-order valence-corrected chi connectivity index (χ2v) is 7.37. The molecule has 28 heavy (non-hydrogen) atoms. The summed E-state index contributed by atoms with van der Waals surface area (Å²) in [6.45, 7) is 7.49. The number of hydrogen-bond acceptors (Lipinski definition) is 5. The van der Waals surface area contributed by atoms with Crippen LogP contribution in [0.1, 0.15) is 36.5 Å². The van der Waals surface area contributed by atoms with Crippen LogP contribution in [0, 0.1) is 13.8 Å². The zero-order chi connectivity index (χ0) is 20.4. The zero-order valence-corrected chi connectivity index (χ0v) is 16.9. The lowest BCUT2D eigenvalue weighted by Crippen LogP contribution is -2.18. The van der Waals surface area contributed by atoms with Gasteiger partial charge in [0.15, 0.2) is 6.61 Å². The van der Waals surface area contributed by atoms with Crippen LogP contribution in [-0.4, -0.2) is 12.6 Å². The van der Waals surface area contributed by atoms with E-state index in [2.05, 4.69) is 0 Å². The number of benzene rings is 2. The van der Waals surface area contributed by atoms with Crippen molar-refractivity contribution in [2.24, 2.45) is 0 Å². The van der Waals surface area contributed by atoms with Gasteiger partial charge in [0.25, 0.3) is 0 Å². The van der Waals surface area contributed by atoms with E-state index < -0.39 is 11.6 Å². The molecule has 0 radical (unpaired) electrons. The molecule has 0 atom stereocenters. The molecule has 6 heteroatoms. The maximum Gasteiger partial charge on any atom is 0.349 e. The molecule has 0 bridgehead atoms. The van der Waals surface area contributed by atoms with Gasteiger partial charge >= 0.3 is 11.6 Å². The van der Waals surface area contributed by atoms with Gasteiger partial charge in [-0.05, 0) is 60.7 Å². The van der Waals surface area contributed by atoms with Crippen LogP contribution in [0.4, 0.5) is 0 Å². The fourth-order valence-electron chi connectivity index (χ4n) is 2.91. The zero-order valence-electron chi connectivity index (χ0n) is 16.2. The molecule has 0 aliphatic carbocycles. The van der Waals surface area contributed by atoms with Crippen LogP contribution < -0.4 is 15.1 Å². The summed E-state index contributed by atoms with van der Waals surface area (Å²) in [6.07, 6.45) is 0. The predicted molar refractivity (Wildman–Crippen MR) is 109 cm³/mol. The first kappa shape index (κ1) is 20.0. The van der Waals surface area contributed by atoms with E-state index in [-0.39, 0.29) is 18.3 Å². The first-order valence-corrected chi connectivity index (χ1v) is 9.30. The molecule has 0 spiro atoms. The van der Waals surface area contributed by atoms with Gasteiger partial charge in [-0.15, -0.1) is 0 Å². The lowest BCUT2D eigenvalue weighted by Gasteiger charge is -2.15. The van der Waals surface area contributed by atoms with Crippen LogP contribution in [0.25, 0.3) is 11.0 Å². The summed E-state index contributed by atoms with van der Waals surface area (Å²) in [5.41, 5.74) is 2.51. The number of esters is 1. The molecule has 0 saturated heterocycles. The summed E-state index contributed by atoms with van der Waals surface area (Å²) in [5, 5.41) is 1.44.